The van der Waals surface area contributed by atoms with Crippen LogP contribution in [0, 0.1) is 17.8 Å². The van der Waals surface area contributed by atoms with Crippen LogP contribution in [0.25, 0.3) is 0 Å². The average Bonchev–Trinajstić information content (AvgIpc) is 2.75. The van der Waals surface area contributed by atoms with Gasteiger partial charge in [-0.05, 0) is 81.3 Å². The maximum absolute atomic E-state index is 12.7. The summed E-state index contributed by atoms with van der Waals surface area (Å²) in [4.78, 5) is 16.7. The molecule has 0 aliphatic heterocycles. The van der Waals surface area contributed by atoms with Crippen LogP contribution in [0.1, 0.15) is 68.3 Å². The van der Waals surface area contributed by atoms with Crippen LogP contribution in [-0.4, -0.2) is 31.9 Å². The largest absolute Gasteiger partial charge is 0.348 e. The zero-order chi connectivity index (χ0) is 18.4. The average molecular weight is 388 g/mol. The molecule has 0 radical (unpaired) electrons. The highest BCUT2D eigenvalue weighted by molar-refractivity contribution is 7.83. The number of carbonyl (C=O) groups excluding carboxylic acids is 1. The Morgan fingerprint density at radius 1 is 1.11 bits per heavy atom. The van der Waals surface area contributed by atoms with E-state index in [2.05, 4.69) is 15.0 Å². The fourth-order valence-corrected chi connectivity index (χ4v) is 7.73. The molecule has 1 heterocycles. The van der Waals surface area contributed by atoms with Crippen molar-refractivity contribution in [1.29, 1.82) is 0 Å². The van der Waals surface area contributed by atoms with Gasteiger partial charge >= 0.3 is 0 Å². The van der Waals surface area contributed by atoms with Gasteiger partial charge in [-0.3, -0.25) is 9.78 Å². The van der Waals surface area contributed by atoms with Gasteiger partial charge in [-0.2, -0.15) is 0 Å². The molecule has 0 saturated heterocycles. The normalized spacial score (nSPS) is 38.8. The lowest BCUT2D eigenvalue weighted by Gasteiger charge is -2.41. The van der Waals surface area contributed by atoms with E-state index in [0.717, 1.165) is 44.4 Å². The van der Waals surface area contributed by atoms with Gasteiger partial charge < -0.3 is 5.32 Å². The lowest BCUT2D eigenvalue weighted by atomic mass is 9.75. The van der Waals surface area contributed by atoms with Crippen LogP contribution in [0.3, 0.4) is 0 Å². The molecule has 4 saturated carbocycles. The van der Waals surface area contributed by atoms with Crippen LogP contribution >= 0.6 is 0 Å². The van der Waals surface area contributed by atoms with Crippen molar-refractivity contribution >= 4 is 16.9 Å². The molecule has 1 aromatic rings. The highest BCUT2D eigenvalue weighted by Crippen LogP contribution is 2.55. The minimum atomic E-state index is -0.867. The molecule has 6 unspecified atom stereocenters. The van der Waals surface area contributed by atoms with Crippen LogP contribution in [0.2, 0.25) is 0 Å². The first kappa shape index (κ1) is 17.8. The molecule has 0 aromatic carbocycles. The quantitative estimate of drug-likeness (QED) is 0.816. The number of amides is 1. The SMILES string of the molecule is O=C(NC1CC2CC3CC(NS(=O)C4CCC4)(C2)CC3C1)c1ccccn1. The molecule has 3 bridgehead atoms. The van der Waals surface area contributed by atoms with Crippen molar-refractivity contribution in [1.82, 2.24) is 15.0 Å². The Balaban J connectivity index is 1.25. The maximum Gasteiger partial charge on any atom is 0.270 e. The Morgan fingerprint density at radius 2 is 1.93 bits per heavy atom. The van der Waals surface area contributed by atoms with Gasteiger partial charge in [-0.25, -0.2) is 8.93 Å². The highest BCUT2D eigenvalue weighted by Gasteiger charge is 2.54. The predicted molar refractivity (Wildman–Crippen MR) is 105 cm³/mol. The van der Waals surface area contributed by atoms with Crippen LogP contribution < -0.4 is 10.0 Å². The molecular weight excluding hydrogens is 358 g/mol. The number of pyridine rings is 1. The maximum atomic E-state index is 12.7. The van der Waals surface area contributed by atoms with Gasteiger partial charge in [-0.1, -0.05) is 12.5 Å². The summed E-state index contributed by atoms with van der Waals surface area (Å²) in [5, 5.41) is 3.63. The Morgan fingerprint density at radius 3 is 2.63 bits per heavy atom. The molecule has 0 spiro atoms. The minimum absolute atomic E-state index is 0.0492. The topological polar surface area (TPSA) is 71.1 Å². The summed E-state index contributed by atoms with van der Waals surface area (Å²) in [6, 6.07) is 5.71. The summed E-state index contributed by atoms with van der Waals surface area (Å²) in [7, 11) is -0.867. The van der Waals surface area contributed by atoms with E-state index in [1.54, 1.807) is 12.3 Å². The molecule has 5 nitrogen and oxygen atoms in total. The van der Waals surface area contributed by atoms with Crippen LogP contribution in [0.4, 0.5) is 0 Å². The molecule has 1 amide bonds. The van der Waals surface area contributed by atoms with Crippen molar-refractivity contribution < 1.29 is 9.00 Å². The molecule has 5 rings (SSSR count). The Kier molecular flexibility index (Phi) is 4.59. The van der Waals surface area contributed by atoms with Gasteiger partial charge in [0.05, 0.1) is 11.0 Å². The van der Waals surface area contributed by atoms with E-state index >= 15 is 0 Å². The number of rotatable bonds is 5. The number of hydrogen-bond acceptors (Lipinski definition) is 3. The van der Waals surface area contributed by atoms with Crippen molar-refractivity contribution in [3.8, 4) is 0 Å². The molecule has 6 atom stereocenters. The number of nitrogens with zero attached hydrogens (tertiary/aromatic N) is 1. The standard InChI is InChI=1S/C21H29N3O2S/c25-20(19-6-1-2-7-22-19)23-17-9-14-8-15-12-21(11-14,13-16(15)10-17)24-27(26)18-4-3-5-18/h1-2,6-7,14-18,24H,3-5,8-13H2,(H,23,25). The minimum Gasteiger partial charge on any atom is -0.348 e. The number of hydrogen-bond donors (Lipinski definition) is 2. The number of aromatic nitrogens is 1. The van der Waals surface area contributed by atoms with Crippen molar-refractivity contribution in [3.05, 3.63) is 30.1 Å². The second kappa shape index (κ2) is 6.96. The molecule has 1 aromatic heterocycles. The van der Waals surface area contributed by atoms with E-state index < -0.39 is 11.0 Å². The van der Waals surface area contributed by atoms with Gasteiger partial charge in [-0.15, -0.1) is 0 Å². The van der Waals surface area contributed by atoms with Crippen LogP contribution in [0.5, 0.6) is 0 Å². The van der Waals surface area contributed by atoms with E-state index in [-0.39, 0.29) is 17.5 Å². The summed E-state index contributed by atoms with van der Waals surface area (Å²) in [6.45, 7) is 0. The van der Waals surface area contributed by atoms with Gasteiger partial charge in [0.2, 0.25) is 0 Å². The van der Waals surface area contributed by atoms with Crippen molar-refractivity contribution in [2.45, 2.75) is 74.6 Å². The van der Waals surface area contributed by atoms with Crippen molar-refractivity contribution in [3.63, 3.8) is 0 Å². The fourth-order valence-electron chi connectivity index (χ4n) is 6.13. The van der Waals surface area contributed by atoms with Crippen molar-refractivity contribution in [2.75, 3.05) is 0 Å². The lowest BCUT2D eigenvalue weighted by molar-refractivity contribution is 0.0916. The van der Waals surface area contributed by atoms with E-state index in [1.807, 2.05) is 12.1 Å². The van der Waals surface area contributed by atoms with Gasteiger partial charge in [0.15, 0.2) is 0 Å². The first-order chi connectivity index (χ1) is 13.1. The fraction of sp³-hybridized carbons (Fsp3) is 0.714. The molecular formula is C21H29N3O2S. The third-order valence-electron chi connectivity index (χ3n) is 7.40. The van der Waals surface area contributed by atoms with Crippen LogP contribution in [0.15, 0.2) is 24.4 Å². The zero-order valence-corrected chi connectivity index (χ0v) is 16.5. The summed E-state index contributed by atoms with van der Waals surface area (Å²) < 4.78 is 16.3. The van der Waals surface area contributed by atoms with E-state index in [1.165, 1.54) is 19.3 Å². The molecule has 2 N–H and O–H groups in total. The van der Waals surface area contributed by atoms with Gasteiger partial charge in [0.25, 0.3) is 5.91 Å². The molecule has 4 aliphatic carbocycles. The van der Waals surface area contributed by atoms with E-state index in [0.29, 0.717) is 22.8 Å². The summed E-state index contributed by atoms with van der Waals surface area (Å²) in [6.07, 6.45) is 11.9. The smallest absolute Gasteiger partial charge is 0.270 e. The predicted octanol–water partition coefficient (Wildman–Crippen LogP) is 2.95. The zero-order valence-electron chi connectivity index (χ0n) is 15.7. The van der Waals surface area contributed by atoms with E-state index in [4.69, 9.17) is 0 Å². The first-order valence-corrected chi connectivity index (χ1v) is 11.7. The van der Waals surface area contributed by atoms with Crippen molar-refractivity contribution in [2.24, 2.45) is 17.8 Å². The van der Waals surface area contributed by atoms with Gasteiger partial charge in [0.1, 0.15) is 5.69 Å². The summed E-state index contributed by atoms with van der Waals surface area (Å²) in [5.41, 5.74) is 0.597. The highest BCUT2D eigenvalue weighted by atomic mass is 32.2. The number of carbonyl (C=O) groups is 1. The Hall–Kier alpha value is -1.27. The van der Waals surface area contributed by atoms with Crippen LogP contribution in [-0.2, 0) is 11.0 Å². The molecule has 4 aliphatic rings. The van der Waals surface area contributed by atoms with Gasteiger partial charge in [0, 0.05) is 23.0 Å². The third-order valence-corrected chi connectivity index (χ3v) is 9.11. The third kappa shape index (κ3) is 3.46. The second-order valence-corrected chi connectivity index (χ2v) is 10.8. The molecule has 6 heteroatoms. The second-order valence-electron chi connectivity index (χ2n) is 9.32. The summed E-state index contributed by atoms with van der Waals surface area (Å²) >= 11 is 0. The van der Waals surface area contributed by atoms with E-state index in [9.17, 15) is 9.00 Å². The number of nitrogens with one attached hydrogen (secondary N) is 2. The summed E-state index contributed by atoms with van der Waals surface area (Å²) in [5.74, 6) is 1.94. The molecule has 146 valence electrons. The molecule has 27 heavy (non-hydrogen) atoms. The first-order valence-electron chi connectivity index (χ1n) is 10.5. The lowest BCUT2D eigenvalue weighted by Crippen LogP contribution is -2.51. The Labute approximate surface area is 163 Å². The Bertz CT molecular complexity index is 734. The monoisotopic (exact) mass is 387 g/mol. The molecule has 4 fully saturated rings. The number of fused-ring (bicyclic) bond motifs is 2.